The van der Waals surface area contributed by atoms with Crippen LogP contribution in [-0.2, 0) is 4.79 Å². The first kappa shape index (κ1) is 21.1. The van der Waals surface area contributed by atoms with Crippen molar-refractivity contribution < 1.29 is 9.53 Å². The molecule has 0 unspecified atom stereocenters. The molecule has 0 aromatic heterocycles. The number of ether oxygens (including phenoxy) is 1. The normalized spacial score (nSPS) is 15.7. The van der Waals surface area contributed by atoms with Crippen molar-refractivity contribution in [1.29, 1.82) is 0 Å². The van der Waals surface area contributed by atoms with Gasteiger partial charge in [-0.05, 0) is 95.8 Å². The topological polar surface area (TPSA) is 29.5 Å². The van der Waals surface area contributed by atoms with Crippen LogP contribution in [-0.4, -0.2) is 16.8 Å². The zero-order valence-electron chi connectivity index (χ0n) is 15.0. The Morgan fingerprint density at radius 2 is 1.96 bits per heavy atom. The van der Waals surface area contributed by atoms with Crippen LogP contribution < -0.4 is 9.64 Å². The monoisotopic (exact) mass is 621 g/mol. The van der Waals surface area contributed by atoms with E-state index in [4.69, 9.17) is 17.0 Å². The SMILES string of the molecule is CCOc1c(I)cc(I)cc1/C=C1\SC(=S)N(c2ccc(C)cc2C)C1=O. The summed E-state index contributed by atoms with van der Waals surface area (Å²) in [5.41, 5.74) is 3.93. The lowest BCUT2D eigenvalue weighted by atomic mass is 10.1. The maximum absolute atomic E-state index is 13.1. The Balaban J connectivity index is 2.03. The molecular weight excluding hydrogens is 604 g/mol. The highest BCUT2D eigenvalue weighted by Gasteiger charge is 2.34. The lowest BCUT2D eigenvalue weighted by molar-refractivity contribution is -0.113. The Morgan fingerprint density at radius 3 is 2.63 bits per heavy atom. The van der Waals surface area contributed by atoms with Gasteiger partial charge < -0.3 is 4.74 Å². The number of aryl methyl sites for hydroxylation is 2. The van der Waals surface area contributed by atoms with Crippen molar-refractivity contribution in [2.45, 2.75) is 20.8 Å². The molecule has 1 amide bonds. The molecule has 1 saturated heterocycles. The van der Waals surface area contributed by atoms with E-state index >= 15 is 0 Å². The minimum absolute atomic E-state index is 0.0896. The molecule has 2 aromatic carbocycles. The van der Waals surface area contributed by atoms with Gasteiger partial charge in [0.25, 0.3) is 5.91 Å². The summed E-state index contributed by atoms with van der Waals surface area (Å²) < 4.78 is 8.49. The van der Waals surface area contributed by atoms with Gasteiger partial charge in [0, 0.05) is 9.13 Å². The summed E-state index contributed by atoms with van der Waals surface area (Å²) in [5, 5.41) is 0. The number of amides is 1. The van der Waals surface area contributed by atoms with Crippen molar-refractivity contribution in [3.05, 3.63) is 59.1 Å². The van der Waals surface area contributed by atoms with Crippen molar-refractivity contribution in [3.63, 3.8) is 0 Å². The van der Waals surface area contributed by atoms with Gasteiger partial charge in [0.05, 0.1) is 20.8 Å². The summed E-state index contributed by atoms with van der Waals surface area (Å²) in [6, 6.07) is 10.1. The molecule has 0 N–H and O–H groups in total. The summed E-state index contributed by atoms with van der Waals surface area (Å²) >= 11 is 11.4. The number of carbonyl (C=O) groups is 1. The van der Waals surface area contributed by atoms with E-state index in [9.17, 15) is 4.79 Å². The summed E-state index contributed by atoms with van der Waals surface area (Å²) in [6.45, 7) is 6.56. The maximum Gasteiger partial charge on any atom is 0.270 e. The second kappa shape index (κ2) is 8.79. The highest BCUT2D eigenvalue weighted by molar-refractivity contribution is 14.1. The fraction of sp³-hybridized carbons (Fsp3) is 0.200. The summed E-state index contributed by atoms with van der Waals surface area (Å²) in [7, 11) is 0. The molecule has 0 radical (unpaired) electrons. The van der Waals surface area contributed by atoms with Gasteiger partial charge in [-0.25, -0.2) is 0 Å². The van der Waals surface area contributed by atoms with Gasteiger partial charge in [-0.1, -0.05) is 41.7 Å². The second-order valence-corrected chi connectivity index (χ2v) is 10.1. The van der Waals surface area contributed by atoms with E-state index in [0.29, 0.717) is 15.8 Å². The predicted molar refractivity (Wildman–Crippen MR) is 135 cm³/mol. The average molecular weight is 621 g/mol. The maximum atomic E-state index is 13.1. The van der Waals surface area contributed by atoms with Gasteiger partial charge in [-0.3, -0.25) is 9.69 Å². The minimum atomic E-state index is -0.0896. The van der Waals surface area contributed by atoms with E-state index in [1.807, 2.05) is 45.0 Å². The second-order valence-electron chi connectivity index (χ2n) is 6.05. The Bertz CT molecular complexity index is 973. The number of halogens is 2. The van der Waals surface area contributed by atoms with Crippen molar-refractivity contribution in [1.82, 2.24) is 0 Å². The van der Waals surface area contributed by atoms with Crippen molar-refractivity contribution in [2.75, 3.05) is 11.5 Å². The molecule has 3 rings (SSSR count). The highest BCUT2D eigenvalue weighted by Crippen LogP contribution is 2.39. The molecule has 1 heterocycles. The Hall–Kier alpha value is -0.650. The van der Waals surface area contributed by atoms with Gasteiger partial charge in [0.15, 0.2) is 4.32 Å². The van der Waals surface area contributed by atoms with E-state index < -0.39 is 0 Å². The largest absolute Gasteiger partial charge is 0.492 e. The van der Waals surface area contributed by atoms with Crippen LogP contribution in [0.5, 0.6) is 5.75 Å². The van der Waals surface area contributed by atoms with Crippen LogP contribution in [0.25, 0.3) is 6.08 Å². The number of nitrogens with zero attached hydrogens (tertiary/aromatic N) is 1. The standard InChI is InChI=1S/C20H17I2NO2S2/c1-4-25-18-13(8-14(21)10-15(18)22)9-17-19(24)23(20(26)27-17)16-6-5-11(2)7-12(16)3/h5-10H,4H2,1-3H3/b17-9-. The van der Waals surface area contributed by atoms with Gasteiger partial charge in [0.2, 0.25) is 0 Å². The molecule has 0 saturated carbocycles. The third kappa shape index (κ3) is 4.51. The Labute approximate surface area is 196 Å². The van der Waals surface area contributed by atoms with Crippen LogP contribution >= 0.6 is 69.2 Å². The quantitative estimate of drug-likeness (QED) is 0.227. The van der Waals surface area contributed by atoms with Crippen LogP contribution in [0.15, 0.2) is 35.2 Å². The van der Waals surface area contributed by atoms with E-state index in [2.05, 4.69) is 57.3 Å². The lowest BCUT2D eigenvalue weighted by Crippen LogP contribution is -2.28. The summed E-state index contributed by atoms with van der Waals surface area (Å²) in [4.78, 5) is 15.3. The van der Waals surface area contributed by atoms with E-state index in [-0.39, 0.29) is 5.91 Å². The number of carbonyl (C=O) groups excluding carboxylic acids is 1. The molecule has 0 spiro atoms. The molecule has 140 valence electrons. The Morgan fingerprint density at radius 1 is 1.22 bits per heavy atom. The molecular formula is C20H17I2NO2S2. The van der Waals surface area contributed by atoms with Crippen LogP contribution in [0.3, 0.4) is 0 Å². The number of rotatable bonds is 4. The molecule has 1 aliphatic heterocycles. The number of hydrogen-bond donors (Lipinski definition) is 0. The number of benzene rings is 2. The van der Waals surface area contributed by atoms with Crippen LogP contribution in [0.2, 0.25) is 0 Å². The minimum Gasteiger partial charge on any atom is -0.492 e. The van der Waals surface area contributed by atoms with Gasteiger partial charge >= 0.3 is 0 Å². The van der Waals surface area contributed by atoms with Crippen LogP contribution in [0.4, 0.5) is 5.69 Å². The number of thiocarbonyl (C=S) groups is 1. The first-order chi connectivity index (χ1) is 12.8. The van der Waals surface area contributed by atoms with E-state index in [1.165, 1.54) is 11.8 Å². The molecule has 0 bridgehead atoms. The zero-order chi connectivity index (χ0) is 19.7. The molecule has 1 aliphatic rings. The fourth-order valence-corrected chi connectivity index (χ4v) is 6.18. The molecule has 7 heteroatoms. The summed E-state index contributed by atoms with van der Waals surface area (Å²) in [5.74, 6) is 0.712. The number of hydrogen-bond acceptors (Lipinski definition) is 4. The third-order valence-corrected chi connectivity index (χ3v) is 6.73. The first-order valence-electron chi connectivity index (χ1n) is 8.29. The fourth-order valence-electron chi connectivity index (χ4n) is 2.86. The molecule has 0 atom stereocenters. The Kier molecular flexibility index (Phi) is 6.86. The highest BCUT2D eigenvalue weighted by atomic mass is 127. The van der Waals surface area contributed by atoms with E-state index in [1.54, 1.807) is 4.90 Å². The number of anilines is 1. The van der Waals surface area contributed by atoms with Crippen LogP contribution in [0.1, 0.15) is 23.6 Å². The molecule has 0 aliphatic carbocycles. The molecule has 3 nitrogen and oxygen atoms in total. The van der Waals surface area contributed by atoms with Crippen LogP contribution in [0, 0.1) is 21.0 Å². The predicted octanol–water partition coefficient (Wildman–Crippen LogP) is 6.32. The molecule has 2 aromatic rings. The van der Waals surface area contributed by atoms with Gasteiger partial charge in [-0.2, -0.15) is 0 Å². The molecule has 27 heavy (non-hydrogen) atoms. The number of thioether (sulfide) groups is 1. The third-order valence-electron chi connectivity index (χ3n) is 4.00. The van der Waals surface area contributed by atoms with Crippen molar-refractivity contribution in [2.24, 2.45) is 0 Å². The van der Waals surface area contributed by atoms with Gasteiger partial charge in [-0.15, -0.1) is 0 Å². The van der Waals surface area contributed by atoms with E-state index in [0.717, 1.165) is 35.3 Å². The average Bonchev–Trinajstić information content (AvgIpc) is 2.85. The van der Waals surface area contributed by atoms with Crippen molar-refractivity contribution in [3.8, 4) is 5.75 Å². The lowest BCUT2D eigenvalue weighted by Gasteiger charge is -2.17. The first-order valence-corrected chi connectivity index (χ1v) is 11.7. The molecule has 1 fully saturated rings. The van der Waals surface area contributed by atoms with Crippen molar-refractivity contribution >= 4 is 91.2 Å². The summed E-state index contributed by atoms with van der Waals surface area (Å²) in [6.07, 6.45) is 1.89. The van der Waals surface area contributed by atoms with Gasteiger partial charge in [0.1, 0.15) is 5.75 Å². The zero-order valence-corrected chi connectivity index (χ0v) is 21.0. The smallest absolute Gasteiger partial charge is 0.270 e.